The van der Waals surface area contributed by atoms with Crippen LogP contribution in [0.2, 0.25) is 0 Å². The van der Waals surface area contributed by atoms with Crippen LogP contribution in [0.3, 0.4) is 0 Å². The second-order valence-corrected chi connectivity index (χ2v) is 7.86. The monoisotopic (exact) mass is 417 g/mol. The van der Waals surface area contributed by atoms with E-state index in [2.05, 4.69) is 28.1 Å². The number of rotatable bonds is 2. The smallest absolute Gasteiger partial charge is 0.176 e. The van der Waals surface area contributed by atoms with E-state index in [-0.39, 0.29) is 5.78 Å². The van der Waals surface area contributed by atoms with E-state index in [1.54, 1.807) is 6.92 Å². The van der Waals surface area contributed by atoms with E-state index in [0.29, 0.717) is 0 Å². The Morgan fingerprint density at radius 1 is 1.11 bits per heavy atom. The number of Topliss-reactive ketones (excluding diaryl/α,β-unsaturated/α-hetero) is 1. The first-order valence-corrected chi connectivity index (χ1v) is 9.47. The zero-order valence-corrected chi connectivity index (χ0v) is 16.2. The topological polar surface area (TPSA) is 67.9 Å². The number of hydrogen-bond acceptors (Lipinski definition) is 4. The molecule has 2 aromatic rings. The Bertz CT molecular complexity index is 1010. The van der Waals surface area contributed by atoms with Crippen molar-refractivity contribution in [2.24, 2.45) is 5.41 Å². The predicted molar refractivity (Wildman–Crippen MR) is 107 cm³/mol. The minimum absolute atomic E-state index is 0.0506. The molecule has 4 rings (SSSR count). The van der Waals surface area contributed by atoms with Crippen molar-refractivity contribution >= 4 is 33.5 Å². The van der Waals surface area contributed by atoms with Gasteiger partial charge in [0.25, 0.3) is 0 Å². The van der Waals surface area contributed by atoms with Crippen LogP contribution in [0.4, 0.5) is 5.69 Å². The average Bonchev–Trinajstić information content (AvgIpc) is 3.00. The van der Waals surface area contributed by atoms with Crippen molar-refractivity contribution in [1.82, 2.24) is 0 Å². The molecule has 0 radical (unpaired) electrons. The summed E-state index contributed by atoms with van der Waals surface area (Å²) < 4.78 is 0.908. The maximum atomic E-state index is 12.8. The summed E-state index contributed by atoms with van der Waals surface area (Å²) in [6.45, 7) is 1.54. The number of fused-ring (bicyclic) bond motifs is 3. The molecule has 5 heteroatoms. The largest absolute Gasteiger partial charge is 0.351 e. The predicted octanol–water partition coefficient (Wildman–Crippen LogP) is 4.44. The van der Waals surface area contributed by atoms with E-state index in [9.17, 15) is 15.3 Å². The molecule has 0 spiro atoms. The van der Waals surface area contributed by atoms with Crippen LogP contribution in [0, 0.1) is 28.1 Å². The number of halogens is 1. The summed E-state index contributed by atoms with van der Waals surface area (Å²) in [6, 6.07) is 18.8. The van der Waals surface area contributed by atoms with Crippen LogP contribution in [0.1, 0.15) is 24.0 Å². The number of para-hydroxylation sites is 1. The number of carbonyl (C=O) groups is 1. The lowest BCUT2D eigenvalue weighted by Gasteiger charge is -2.35. The number of hydrogen-bond donors (Lipinski definition) is 0. The quantitative estimate of drug-likeness (QED) is 0.723. The molecule has 0 bridgehead atoms. The second kappa shape index (κ2) is 6.37. The number of nitrogens with zero attached hydrogens (tertiary/aromatic N) is 3. The minimum atomic E-state index is -1.35. The SMILES string of the molecule is CC(=O)[C@H]1[C@H](c2ccc(Br)cc2)C(C#N)(C#N)[C@@H]2C=Cc3ccccc3N21. The molecule has 0 aliphatic carbocycles. The summed E-state index contributed by atoms with van der Waals surface area (Å²) in [5.74, 6) is -0.593. The first-order chi connectivity index (χ1) is 13.0. The van der Waals surface area contributed by atoms with Gasteiger partial charge in [-0.25, -0.2) is 0 Å². The maximum absolute atomic E-state index is 12.8. The fraction of sp³-hybridized carbons (Fsp3) is 0.227. The van der Waals surface area contributed by atoms with Crippen molar-refractivity contribution < 1.29 is 4.79 Å². The van der Waals surface area contributed by atoms with Gasteiger partial charge in [-0.3, -0.25) is 4.79 Å². The molecular formula is C22H16BrN3O. The van der Waals surface area contributed by atoms with Gasteiger partial charge >= 0.3 is 0 Å². The summed E-state index contributed by atoms with van der Waals surface area (Å²) in [5.41, 5.74) is 1.34. The number of carbonyl (C=O) groups excluding carboxylic acids is 1. The Morgan fingerprint density at radius 2 is 1.78 bits per heavy atom. The first kappa shape index (κ1) is 17.5. The van der Waals surface area contributed by atoms with Gasteiger partial charge in [-0.1, -0.05) is 58.4 Å². The standard InChI is InChI=1S/C22H16BrN3O/c1-14(27)21-20(16-6-9-17(23)10-7-16)22(12-24,13-25)19-11-8-15-4-2-3-5-18(15)26(19)21/h2-11,19-21H,1H3/t19-,20-,21-/m0/s1. The lowest BCUT2D eigenvalue weighted by molar-refractivity contribution is -0.118. The van der Waals surface area contributed by atoms with Crippen LogP contribution in [-0.2, 0) is 4.79 Å². The summed E-state index contributed by atoms with van der Waals surface area (Å²) in [4.78, 5) is 14.8. The molecule has 0 aromatic heterocycles. The summed E-state index contributed by atoms with van der Waals surface area (Å²) >= 11 is 3.42. The zero-order valence-electron chi connectivity index (χ0n) is 14.6. The highest BCUT2D eigenvalue weighted by Crippen LogP contribution is 2.55. The van der Waals surface area contributed by atoms with E-state index in [1.807, 2.05) is 65.6 Å². The van der Waals surface area contributed by atoms with Crippen LogP contribution < -0.4 is 4.90 Å². The normalized spacial score (nSPS) is 24.4. The van der Waals surface area contributed by atoms with Gasteiger partial charge in [0.05, 0.1) is 24.2 Å². The van der Waals surface area contributed by atoms with Crippen LogP contribution in [0.5, 0.6) is 0 Å². The third-order valence-corrected chi connectivity index (χ3v) is 6.09. The fourth-order valence-electron chi connectivity index (χ4n) is 4.43. The molecular weight excluding hydrogens is 402 g/mol. The van der Waals surface area contributed by atoms with Crippen molar-refractivity contribution in [1.29, 1.82) is 10.5 Å². The van der Waals surface area contributed by atoms with E-state index in [1.165, 1.54) is 0 Å². The van der Waals surface area contributed by atoms with Crippen molar-refractivity contribution in [3.05, 3.63) is 70.2 Å². The zero-order chi connectivity index (χ0) is 19.2. The van der Waals surface area contributed by atoms with Gasteiger partial charge in [-0.15, -0.1) is 0 Å². The van der Waals surface area contributed by atoms with Gasteiger partial charge in [-0.05, 0) is 36.2 Å². The van der Waals surface area contributed by atoms with Gasteiger partial charge in [0, 0.05) is 16.1 Å². The molecule has 3 atom stereocenters. The van der Waals surface area contributed by atoms with Crippen molar-refractivity contribution in [2.75, 3.05) is 4.90 Å². The molecule has 132 valence electrons. The first-order valence-electron chi connectivity index (χ1n) is 8.67. The molecule has 0 N–H and O–H groups in total. The van der Waals surface area contributed by atoms with E-state index in [4.69, 9.17) is 0 Å². The maximum Gasteiger partial charge on any atom is 0.176 e. The van der Waals surface area contributed by atoms with Crippen LogP contribution in [-0.4, -0.2) is 17.9 Å². The highest BCUT2D eigenvalue weighted by atomic mass is 79.9. The number of ketones is 1. The van der Waals surface area contributed by atoms with Crippen molar-refractivity contribution in [2.45, 2.75) is 24.9 Å². The fourth-order valence-corrected chi connectivity index (χ4v) is 4.70. The summed E-state index contributed by atoms with van der Waals surface area (Å²) in [5, 5.41) is 20.3. The van der Waals surface area contributed by atoms with Crippen molar-refractivity contribution in [3.8, 4) is 12.1 Å². The summed E-state index contributed by atoms with van der Waals surface area (Å²) in [7, 11) is 0. The molecule has 0 amide bonds. The lowest BCUT2D eigenvalue weighted by atomic mass is 9.69. The molecule has 0 saturated carbocycles. The Labute approximate surface area is 166 Å². The van der Waals surface area contributed by atoms with Gasteiger partial charge in [0.15, 0.2) is 11.2 Å². The van der Waals surface area contributed by atoms with Gasteiger partial charge in [-0.2, -0.15) is 10.5 Å². The Hall–Kier alpha value is -2.89. The molecule has 0 unspecified atom stereocenters. The van der Waals surface area contributed by atoms with Crippen LogP contribution in [0.25, 0.3) is 6.08 Å². The van der Waals surface area contributed by atoms with Crippen LogP contribution >= 0.6 is 15.9 Å². The average molecular weight is 418 g/mol. The number of nitriles is 2. The van der Waals surface area contributed by atoms with Gasteiger partial charge in [0.1, 0.15) is 0 Å². The van der Waals surface area contributed by atoms with E-state index in [0.717, 1.165) is 21.3 Å². The summed E-state index contributed by atoms with van der Waals surface area (Å²) in [6.07, 6.45) is 3.84. The second-order valence-electron chi connectivity index (χ2n) is 6.95. The van der Waals surface area contributed by atoms with E-state index < -0.39 is 23.4 Å². The molecule has 2 heterocycles. The highest BCUT2D eigenvalue weighted by Gasteiger charge is 2.62. The van der Waals surface area contributed by atoms with Gasteiger partial charge in [0.2, 0.25) is 0 Å². The Balaban J connectivity index is 1.99. The molecule has 2 aliphatic rings. The molecule has 4 nitrogen and oxygen atoms in total. The minimum Gasteiger partial charge on any atom is -0.351 e. The van der Waals surface area contributed by atoms with Gasteiger partial charge < -0.3 is 4.90 Å². The van der Waals surface area contributed by atoms with Crippen LogP contribution in [0.15, 0.2) is 59.1 Å². The molecule has 1 fully saturated rings. The third-order valence-electron chi connectivity index (χ3n) is 5.56. The van der Waals surface area contributed by atoms with Crippen molar-refractivity contribution in [3.63, 3.8) is 0 Å². The van der Waals surface area contributed by atoms with E-state index >= 15 is 0 Å². The number of anilines is 1. The molecule has 27 heavy (non-hydrogen) atoms. The molecule has 2 aromatic carbocycles. The molecule has 2 aliphatic heterocycles. The Morgan fingerprint density at radius 3 is 2.41 bits per heavy atom. The lowest BCUT2D eigenvalue weighted by Crippen LogP contribution is -2.43. The Kier molecular flexibility index (Phi) is 4.13. The molecule has 1 saturated heterocycles. The number of benzene rings is 2. The third kappa shape index (κ3) is 2.43. The highest BCUT2D eigenvalue weighted by molar-refractivity contribution is 9.10.